The van der Waals surface area contributed by atoms with Crippen LogP contribution in [-0.2, 0) is 10.0 Å². The van der Waals surface area contributed by atoms with Crippen LogP contribution >= 0.6 is 27.5 Å². The van der Waals surface area contributed by atoms with Gasteiger partial charge in [0.05, 0.1) is 5.02 Å². The molecular weight excluding hydrogens is 330 g/mol. The first kappa shape index (κ1) is 13.3. The van der Waals surface area contributed by atoms with E-state index in [2.05, 4.69) is 15.9 Å². The molecular formula is C10H11BrClNO3S. The molecule has 1 heterocycles. The van der Waals surface area contributed by atoms with Crippen molar-refractivity contribution in [2.45, 2.75) is 4.90 Å². The zero-order valence-corrected chi connectivity index (χ0v) is 12.0. The summed E-state index contributed by atoms with van der Waals surface area (Å²) < 4.78 is 26.3. The van der Waals surface area contributed by atoms with Gasteiger partial charge in [-0.2, -0.15) is 4.31 Å². The first-order valence-electron chi connectivity index (χ1n) is 5.02. The van der Waals surface area contributed by atoms with Gasteiger partial charge in [-0.15, -0.1) is 0 Å². The van der Waals surface area contributed by atoms with Crippen molar-refractivity contribution in [3.63, 3.8) is 0 Å². The molecule has 4 nitrogen and oxygen atoms in total. The van der Waals surface area contributed by atoms with Crippen molar-refractivity contribution in [3.05, 3.63) is 27.7 Å². The SMILES string of the molecule is O=S(=O)(c1c(Cl)cccc1Br)N1CC(CO)C1. The van der Waals surface area contributed by atoms with Crippen molar-refractivity contribution >= 4 is 37.6 Å². The van der Waals surface area contributed by atoms with Gasteiger partial charge in [-0.1, -0.05) is 17.7 Å². The van der Waals surface area contributed by atoms with E-state index < -0.39 is 10.0 Å². The van der Waals surface area contributed by atoms with E-state index in [0.29, 0.717) is 17.6 Å². The van der Waals surface area contributed by atoms with Gasteiger partial charge in [-0.3, -0.25) is 0 Å². The molecule has 0 spiro atoms. The average molecular weight is 341 g/mol. The van der Waals surface area contributed by atoms with Crippen molar-refractivity contribution in [3.8, 4) is 0 Å². The second-order valence-corrected chi connectivity index (χ2v) is 7.06. The molecule has 0 aromatic heterocycles. The summed E-state index contributed by atoms with van der Waals surface area (Å²) in [5.41, 5.74) is 0. The second kappa shape index (κ2) is 4.85. The van der Waals surface area contributed by atoms with Crippen LogP contribution in [0.1, 0.15) is 0 Å². The number of aliphatic hydroxyl groups is 1. The Morgan fingerprint density at radius 2 is 2.12 bits per heavy atom. The highest BCUT2D eigenvalue weighted by Gasteiger charge is 2.38. The maximum Gasteiger partial charge on any atom is 0.245 e. The number of hydrogen-bond donors (Lipinski definition) is 1. The van der Waals surface area contributed by atoms with E-state index in [-0.39, 0.29) is 22.4 Å². The van der Waals surface area contributed by atoms with Gasteiger partial charge >= 0.3 is 0 Å². The largest absolute Gasteiger partial charge is 0.396 e. The van der Waals surface area contributed by atoms with Crippen LogP contribution in [0.5, 0.6) is 0 Å². The number of hydrogen-bond acceptors (Lipinski definition) is 3. The minimum atomic E-state index is -3.56. The summed E-state index contributed by atoms with van der Waals surface area (Å²) in [6.45, 7) is 0.697. The van der Waals surface area contributed by atoms with Gasteiger partial charge in [0.25, 0.3) is 0 Å². The monoisotopic (exact) mass is 339 g/mol. The topological polar surface area (TPSA) is 57.6 Å². The Morgan fingerprint density at radius 1 is 1.47 bits per heavy atom. The van der Waals surface area contributed by atoms with Gasteiger partial charge in [-0.05, 0) is 28.1 Å². The van der Waals surface area contributed by atoms with Gasteiger partial charge in [-0.25, -0.2) is 8.42 Å². The van der Waals surface area contributed by atoms with Gasteiger partial charge in [0.2, 0.25) is 10.0 Å². The van der Waals surface area contributed by atoms with E-state index in [1.807, 2.05) is 0 Å². The first-order chi connectivity index (χ1) is 7.96. The number of aliphatic hydroxyl groups excluding tert-OH is 1. The molecule has 7 heteroatoms. The summed E-state index contributed by atoms with van der Waals surface area (Å²) in [6, 6.07) is 4.86. The maximum absolute atomic E-state index is 12.2. The van der Waals surface area contributed by atoms with Crippen LogP contribution in [0.4, 0.5) is 0 Å². The molecule has 0 atom stereocenters. The van der Waals surface area contributed by atoms with E-state index in [4.69, 9.17) is 16.7 Å². The lowest BCUT2D eigenvalue weighted by Crippen LogP contribution is -2.51. The Balaban J connectivity index is 2.34. The van der Waals surface area contributed by atoms with Crippen LogP contribution in [0.2, 0.25) is 5.02 Å². The third-order valence-corrected chi connectivity index (χ3v) is 5.98. The molecule has 1 N–H and O–H groups in total. The molecule has 2 rings (SSSR count). The van der Waals surface area contributed by atoms with E-state index >= 15 is 0 Å². The highest BCUT2D eigenvalue weighted by atomic mass is 79.9. The summed E-state index contributed by atoms with van der Waals surface area (Å²) in [6.07, 6.45) is 0. The van der Waals surface area contributed by atoms with Crippen molar-refractivity contribution in [1.82, 2.24) is 4.31 Å². The third kappa shape index (κ3) is 2.37. The summed E-state index contributed by atoms with van der Waals surface area (Å²) in [5.74, 6) is 0.0334. The predicted octanol–water partition coefficient (Wildman–Crippen LogP) is 1.72. The molecule has 0 radical (unpaired) electrons. The number of benzene rings is 1. The van der Waals surface area contributed by atoms with Crippen molar-refractivity contribution in [2.24, 2.45) is 5.92 Å². The smallest absolute Gasteiger partial charge is 0.245 e. The fourth-order valence-corrected chi connectivity index (χ4v) is 4.95. The minimum Gasteiger partial charge on any atom is -0.396 e. The molecule has 0 amide bonds. The van der Waals surface area contributed by atoms with Crippen LogP contribution in [0, 0.1) is 5.92 Å². The Hall–Kier alpha value is -0.140. The van der Waals surface area contributed by atoms with Crippen molar-refractivity contribution in [1.29, 1.82) is 0 Å². The third-order valence-electron chi connectivity index (χ3n) is 2.70. The number of rotatable bonds is 3. The van der Waals surface area contributed by atoms with Gasteiger partial charge in [0.15, 0.2) is 0 Å². The molecule has 0 bridgehead atoms. The fourth-order valence-electron chi connectivity index (χ4n) is 1.69. The van der Waals surface area contributed by atoms with E-state index in [1.54, 1.807) is 18.2 Å². The summed E-state index contributed by atoms with van der Waals surface area (Å²) in [5, 5.41) is 9.09. The van der Waals surface area contributed by atoms with Crippen LogP contribution < -0.4 is 0 Å². The molecule has 17 heavy (non-hydrogen) atoms. The van der Waals surface area contributed by atoms with Crippen LogP contribution in [0.3, 0.4) is 0 Å². The highest BCUT2D eigenvalue weighted by molar-refractivity contribution is 9.10. The molecule has 1 aliphatic rings. The van der Waals surface area contributed by atoms with Crippen molar-refractivity contribution < 1.29 is 13.5 Å². The highest BCUT2D eigenvalue weighted by Crippen LogP contribution is 2.34. The van der Waals surface area contributed by atoms with Gasteiger partial charge < -0.3 is 5.11 Å². The zero-order chi connectivity index (χ0) is 12.6. The Bertz CT molecular complexity index is 508. The number of sulfonamides is 1. The van der Waals surface area contributed by atoms with E-state index in [9.17, 15) is 8.42 Å². The summed E-state index contributed by atoms with van der Waals surface area (Å²) in [4.78, 5) is 0.0954. The number of nitrogens with zero attached hydrogens (tertiary/aromatic N) is 1. The molecule has 0 aliphatic carbocycles. The maximum atomic E-state index is 12.2. The van der Waals surface area contributed by atoms with E-state index in [0.717, 1.165) is 0 Å². The molecule has 94 valence electrons. The molecule has 1 aromatic rings. The van der Waals surface area contributed by atoms with Crippen LogP contribution in [0.25, 0.3) is 0 Å². The average Bonchev–Trinajstić information content (AvgIpc) is 2.14. The molecule has 0 unspecified atom stereocenters. The zero-order valence-electron chi connectivity index (χ0n) is 8.81. The second-order valence-electron chi connectivity index (χ2n) is 3.92. The molecule has 1 fully saturated rings. The summed E-state index contributed by atoms with van der Waals surface area (Å²) >= 11 is 9.12. The lowest BCUT2D eigenvalue weighted by Gasteiger charge is -2.37. The fraction of sp³-hybridized carbons (Fsp3) is 0.400. The predicted molar refractivity (Wildman–Crippen MR) is 68.5 cm³/mol. The van der Waals surface area contributed by atoms with E-state index in [1.165, 1.54) is 4.31 Å². The van der Waals surface area contributed by atoms with Crippen LogP contribution in [-0.4, -0.2) is 37.5 Å². The quantitative estimate of drug-likeness (QED) is 0.911. The first-order valence-corrected chi connectivity index (χ1v) is 7.63. The standard InChI is InChI=1S/C10H11BrClNO3S/c11-8-2-1-3-9(12)10(8)17(15,16)13-4-7(5-13)6-14/h1-3,7,14H,4-6H2. The van der Waals surface area contributed by atoms with Gasteiger partial charge in [0.1, 0.15) is 4.90 Å². The lowest BCUT2D eigenvalue weighted by atomic mass is 10.1. The van der Waals surface area contributed by atoms with Crippen LogP contribution in [0.15, 0.2) is 27.6 Å². The molecule has 1 aliphatic heterocycles. The normalized spacial score (nSPS) is 18.1. The Morgan fingerprint density at radius 3 is 2.65 bits per heavy atom. The minimum absolute atomic E-state index is 0.00963. The van der Waals surface area contributed by atoms with Gasteiger partial charge in [0, 0.05) is 30.1 Å². The Kier molecular flexibility index (Phi) is 3.80. The molecule has 1 saturated heterocycles. The molecule has 1 aromatic carbocycles. The number of halogens is 2. The molecule has 0 saturated carbocycles. The summed E-state index contributed by atoms with van der Waals surface area (Å²) in [7, 11) is -3.56. The Labute approximate surface area is 113 Å². The van der Waals surface area contributed by atoms with Crippen molar-refractivity contribution in [2.75, 3.05) is 19.7 Å². The lowest BCUT2D eigenvalue weighted by molar-refractivity contribution is 0.117.